The Kier molecular flexibility index (Phi) is 3.03. The summed E-state index contributed by atoms with van der Waals surface area (Å²) in [4.78, 5) is 16.3. The monoisotopic (exact) mass is 319 g/mol. The molecule has 0 saturated carbocycles. The molecular formula is C16H9N5OS. The minimum atomic E-state index is 0.203. The minimum Gasteiger partial charge on any atom is -0.508 e. The Hall–Kier alpha value is -3.24. The zero-order valence-electron chi connectivity index (χ0n) is 11.7. The summed E-state index contributed by atoms with van der Waals surface area (Å²) in [7, 11) is 0. The van der Waals surface area contributed by atoms with Crippen LogP contribution in [0, 0.1) is 6.57 Å². The third-order valence-corrected chi connectivity index (χ3v) is 4.35. The largest absolute Gasteiger partial charge is 0.508 e. The SMILES string of the molecule is [C-]#[N+]c1nc2ccc3ncnc(Nc4ccc(O)cc4)c3c2s1. The molecule has 2 N–H and O–H groups in total. The van der Waals surface area contributed by atoms with Gasteiger partial charge in [0.05, 0.1) is 15.6 Å². The van der Waals surface area contributed by atoms with Gasteiger partial charge in [0.15, 0.2) is 5.52 Å². The predicted molar refractivity (Wildman–Crippen MR) is 90.4 cm³/mol. The second kappa shape index (κ2) is 5.19. The van der Waals surface area contributed by atoms with E-state index < -0.39 is 0 Å². The molecule has 0 saturated heterocycles. The first-order valence-corrected chi connectivity index (χ1v) is 7.54. The lowest BCUT2D eigenvalue weighted by Crippen LogP contribution is -1.95. The smallest absolute Gasteiger partial charge is 0.330 e. The highest BCUT2D eigenvalue weighted by Crippen LogP contribution is 2.36. The van der Waals surface area contributed by atoms with Crippen LogP contribution in [0.25, 0.3) is 26.0 Å². The first kappa shape index (κ1) is 13.4. The predicted octanol–water partition coefficient (Wildman–Crippen LogP) is 4.24. The fourth-order valence-electron chi connectivity index (χ4n) is 2.34. The Morgan fingerprint density at radius 3 is 2.61 bits per heavy atom. The maximum atomic E-state index is 9.38. The van der Waals surface area contributed by atoms with E-state index in [-0.39, 0.29) is 5.75 Å². The molecule has 0 aliphatic carbocycles. The molecule has 0 aliphatic heterocycles. The van der Waals surface area contributed by atoms with Gasteiger partial charge in [0, 0.05) is 5.69 Å². The Bertz CT molecular complexity index is 1070. The number of aromatic hydroxyl groups is 1. The lowest BCUT2D eigenvalue weighted by Gasteiger charge is -2.08. The fourth-order valence-corrected chi connectivity index (χ4v) is 3.24. The van der Waals surface area contributed by atoms with E-state index in [9.17, 15) is 5.11 Å². The number of nitrogens with zero attached hydrogens (tertiary/aromatic N) is 4. The molecule has 4 rings (SSSR count). The van der Waals surface area contributed by atoms with E-state index in [1.807, 2.05) is 12.1 Å². The standard InChI is InChI=1S/C16H9N5OS/c1-17-16-21-12-7-6-11-13(14(12)23-16)15(19-8-18-11)20-9-2-4-10(22)5-3-9/h2-8,22H,(H,18,19,20). The van der Waals surface area contributed by atoms with E-state index in [4.69, 9.17) is 6.57 Å². The molecule has 0 unspecified atom stereocenters. The maximum Gasteiger partial charge on any atom is 0.330 e. The molecule has 23 heavy (non-hydrogen) atoms. The summed E-state index contributed by atoms with van der Waals surface area (Å²) in [5, 5.41) is 13.8. The summed E-state index contributed by atoms with van der Waals surface area (Å²) in [5.74, 6) is 0.848. The Morgan fingerprint density at radius 1 is 1.04 bits per heavy atom. The van der Waals surface area contributed by atoms with Crippen LogP contribution in [0.4, 0.5) is 16.6 Å². The Morgan fingerprint density at radius 2 is 1.83 bits per heavy atom. The van der Waals surface area contributed by atoms with E-state index >= 15 is 0 Å². The first-order chi connectivity index (χ1) is 11.2. The van der Waals surface area contributed by atoms with Gasteiger partial charge in [0.25, 0.3) is 0 Å². The van der Waals surface area contributed by atoms with Crippen LogP contribution in [0.1, 0.15) is 0 Å². The van der Waals surface area contributed by atoms with E-state index in [1.54, 1.807) is 24.3 Å². The highest BCUT2D eigenvalue weighted by molar-refractivity contribution is 7.23. The van der Waals surface area contributed by atoms with Crippen LogP contribution in [0.2, 0.25) is 0 Å². The van der Waals surface area contributed by atoms with Crippen molar-refractivity contribution in [2.24, 2.45) is 0 Å². The number of anilines is 2. The zero-order valence-corrected chi connectivity index (χ0v) is 12.5. The number of aromatic nitrogens is 3. The number of hydrogen-bond donors (Lipinski definition) is 2. The van der Waals surface area contributed by atoms with Crippen molar-refractivity contribution in [3.05, 3.63) is 54.1 Å². The highest BCUT2D eigenvalue weighted by atomic mass is 32.1. The number of fused-ring (bicyclic) bond motifs is 3. The quantitative estimate of drug-likeness (QED) is 0.427. The van der Waals surface area contributed by atoms with Gasteiger partial charge in [-0.3, -0.25) is 0 Å². The summed E-state index contributed by atoms with van der Waals surface area (Å²) in [6, 6.07) is 10.5. The van der Waals surface area contributed by atoms with Crippen LogP contribution in [0.15, 0.2) is 42.7 Å². The number of benzene rings is 2. The van der Waals surface area contributed by atoms with Crippen molar-refractivity contribution in [3.63, 3.8) is 0 Å². The van der Waals surface area contributed by atoms with Gasteiger partial charge in [-0.05, 0) is 36.4 Å². The van der Waals surface area contributed by atoms with Gasteiger partial charge >= 0.3 is 5.13 Å². The van der Waals surface area contributed by atoms with Crippen LogP contribution >= 0.6 is 11.3 Å². The molecule has 2 aromatic heterocycles. The number of hydrogen-bond acceptors (Lipinski definition) is 6. The van der Waals surface area contributed by atoms with Crippen molar-refractivity contribution in [3.8, 4) is 5.75 Å². The third-order valence-electron chi connectivity index (χ3n) is 3.37. The van der Waals surface area contributed by atoms with Crippen LogP contribution in [0.3, 0.4) is 0 Å². The lowest BCUT2D eigenvalue weighted by atomic mass is 10.2. The van der Waals surface area contributed by atoms with E-state index in [0.29, 0.717) is 10.9 Å². The molecule has 2 heterocycles. The van der Waals surface area contributed by atoms with Crippen molar-refractivity contribution >= 4 is 49.1 Å². The van der Waals surface area contributed by atoms with Gasteiger partial charge in [-0.15, -0.1) is 16.3 Å². The van der Waals surface area contributed by atoms with Crippen LogP contribution in [-0.4, -0.2) is 20.1 Å². The van der Waals surface area contributed by atoms with Gasteiger partial charge in [0.2, 0.25) is 0 Å². The molecule has 0 aliphatic rings. The summed E-state index contributed by atoms with van der Waals surface area (Å²) in [6.45, 7) is 7.14. The molecule has 4 aromatic rings. The molecule has 0 bridgehead atoms. The molecule has 2 aromatic carbocycles. The van der Waals surface area contributed by atoms with Crippen molar-refractivity contribution in [1.82, 2.24) is 15.0 Å². The normalized spacial score (nSPS) is 10.7. The van der Waals surface area contributed by atoms with E-state index in [1.165, 1.54) is 17.7 Å². The molecule has 0 amide bonds. The van der Waals surface area contributed by atoms with Gasteiger partial charge < -0.3 is 15.3 Å². The summed E-state index contributed by atoms with van der Waals surface area (Å²) in [6.07, 6.45) is 1.49. The zero-order chi connectivity index (χ0) is 15.8. The average molecular weight is 319 g/mol. The summed E-state index contributed by atoms with van der Waals surface area (Å²) in [5.41, 5.74) is 2.35. The fraction of sp³-hybridized carbons (Fsp3) is 0. The van der Waals surface area contributed by atoms with E-state index in [2.05, 4.69) is 25.1 Å². The number of phenols is 1. The van der Waals surface area contributed by atoms with Crippen molar-refractivity contribution in [2.45, 2.75) is 0 Å². The maximum absolute atomic E-state index is 9.38. The molecule has 0 fully saturated rings. The van der Waals surface area contributed by atoms with Crippen LogP contribution in [0.5, 0.6) is 5.75 Å². The van der Waals surface area contributed by atoms with Crippen LogP contribution in [-0.2, 0) is 0 Å². The molecule has 0 atom stereocenters. The second-order valence-corrected chi connectivity index (χ2v) is 5.79. The van der Waals surface area contributed by atoms with Gasteiger partial charge in [-0.25, -0.2) is 9.97 Å². The molecule has 110 valence electrons. The molecule has 0 spiro atoms. The number of nitrogens with one attached hydrogen (secondary N) is 1. The Balaban J connectivity index is 1.93. The Labute approximate surface area is 134 Å². The number of rotatable bonds is 2. The van der Waals surface area contributed by atoms with Gasteiger partial charge in [0.1, 0.15) is 17.9 Å². The van der Waals surface area contributed by atoms with Crippen LogP contribution < -0.4 is 5.32 Å². The first-order valence-electron chi connectivity index (χ1n) is 6.72. The van der Waals surface area contributed by atoms with Crippen molar-refractivity contribution in [1.29, 1.82) is 0 Å². The molecular weight excluding hydrogens is 310 g/mol. The minimum absolute atomic E-state index is 0.203. The molecule has 7 heteroatoms. The molecule has 6 nitrogen and oxygen atoms in total. The summed E-state index contributed by atoms with van der Waals surface area (Å²) >= 11 is 1.33. The van der Waals surface area contributed by atoms with Crippen molar-refractivity contribution in [2.75, 3.05) is 5.32 Å². The van der Waals surface area contributed by atoms with Crippen molar-refractivity contribution < 1.29 is 5.11 Å². The lowest BCUT2D eigenvalue weighted by molar-refractivity contribution is 0.475. The van der Waals surface area contributed by atoms with Gasteiger partial charge in [-0.2, -0.15) is 0 Å². The van der Waals surface area contributed by atoms with Gasteiger partial charge in [-0.1, -0.05) is 6.57 Å². The third kappa shape index (κ3) is 2.31. The second-order valence-electron chi connectivity index (χ2n) is 4.81. The topological polar surface area (TPSA) is 75.3 Å². The molecule has 0 radical (unpaired) electrons. The number of phenolic OH excluding ortho intramolecular Hbond substituents is 1. The number of thiazole rings is 1. The highest BCUT2D eigenvalue weighted by Gasteiger charge is 2.14. The summed E-state index contributed by atoms with van der Waals surface area (Å²) < 4.78 is 0.885. The van der Waals surface area contributed by atoms with E-state index in [0.717, 1.165) is 26.8 Å². The average Bonchev–Trinajstić information content (AvgIpc) is 3.00.